The Labute approximate surface area is 118 Å². The number of anilines is 1. The topological polar surface area (TPSA) is 84.7 Å². The molecular formula is C14H21N3O3. The van der Waals surface area contributed by atoms with E-state index in [0.717, 1.165) is 0 Å². The lowest BCUT2D eigenvalue weighted by molar-refractivity contribution is -0.131. The number of nitrogens with zero attached hydrogens (tertiary/aromatic N) is 1. The Morgan fingerprint density at radius 2 is 2.05 bits per heavy atom. The summed E-state index contributed by atoms with van der Waals surface area (Å²) in [5, 5.41) is 2.56. The van der Waals surface area contributed by atoms with E-state index in [0.29, 0.717) is 18.0 Å². The smallest absolute Gasteiger partial charge is 0.241 e. The van der Waals surface area contributed by atoms with Crippen molar-refractivity contribution in [1.29, 1.82) is 0 Å². The molecule has 0 bridgehead atoms. The summed E-state index contributed by atoms with van der Waals surface area (Å²) in [5.41, 5.74) is 6.24. The van der Waals surface area contributed by atoms with Gasteiger partial charge in [-0.15, -0.1) is 0 Å². The zero-order valence-electron chi connectivity index (χ0n) is 11.9. The molecule has 20 heavy (non-hydrogen) atoms. The molecule has 0 unspecified atom stereocenters. The van der Waals surface area contributed by atoms with E-state index in [9.17, 15) is 9.59 Å². The van der Waals surface area contributed by atoms with Gasteiger partial charge in [-0.2, -0.15) is 0 Å². The molecule has 3 N–H and O–H groups in total. The van der Waals surface area contributed by atoms with Gasteiger partial charge >= 0.3 is 0 Å². The molecule has 6 nitrogen and oxygen atoms in total. The van der Waals surface area contributed by atoms with Crippen LogP contribution in [0, 0.1) is 0 Å². The van der Waals surface area contributed by atoms with Crippen LogP contribution in [0.25, 0.3) is 0 Å². The fraction of sp³-hybridized carbons (Fsp3) is 0.429. The van der Waals surface area contributed by atoms with Crippen LogP contribution in [-0.2, 0) is 9.59 Å². The second-order valence-corrected chi connectivity index (χ2v) is 4.32. The summed E-state index contributed by atoms with van der Waals surface area (Å²) in [6.07, 6.45) is 0.178. The predicted molar refractivity (Wildman–Crippen MR) is 77.3 cm³/mol. The van der Waals surface area contributed by atoms with Crippen LogP contribution in [0.4, 0.5) is 5.69 Å². The highest BCUT2D eigenvalue weighted by atomic mass is 16.5. The molecule has 0 heterocycles. The molecule has 0 spiro atoms. The molecule has 2 amide bonds. The number of nitrogens with two attached hydrogens (primary N) is 1. The first-order valence-corrected chi connectivity index (χ1v) is 6.52. The molecule has 0 saturated carbocycles. The standard InChI is InChI=1S/C14H21N3O3/c1-3-17(2)14(19)10-16-13(18)8-9-20-12-7-5-4-6-11(12)15/h4-7H,3,8-10,15H2,1-2H3,(H,16,18). The Morgan fingerprint density at radius 1 is 1.35 bits per heavy atom. The van der Waals surface area contributed by atoms with Crippen molar-refractivity contribution >= 4 is 17.5 Å². The van der Waals surface area contributed by atoms with Crippen molar-refractivity contribution in [1.82, 2.24) is 10.2 Å². The van der Waals surface area contributed by atoms with Gasteiger partial charge in [0.25, 0.3) is 0 Å². The lowest BCUT2D eigenvalue weighted by Gasteiger charge is -2.14. The molecule has 0 saturated heterocycles. The van der Waals surface area contributed by atoms with Crippen LogP contribution in [0.1, 0.15) is 13.3 Å². The molecule has 0 fully saturated rings. The number of hydrogen-bond donors (Lipinski definition) is 2. The minimum absolute atomic E-state index is 0.0106. The molecule has 0 atom stereocenters. The van der Waals surface area contributed by atoms with Gasteiger partial charge in [0.2, 0.25) is 11.8 Å². The van der Waals surface area contributed by atoms with E-state index in [-0.39, 0.29) is 31.4 Å². The molecule has 6 heteroatoms. The monoisotopic (exact) mass is 279 g/mol. The van der Waals surface area contributed by atoms with Gasteiger partial charge in [0.05, 0.1) is 25.3 Å². The molecule has 0 aliphatic carbocycles. The van der Waals surface area contributed by atoms with Crippen molar-refractivity contribution in [2.24, 2.45) is 0 Å². The normalized spacial score (nSPS) is 9.90. The summed E-state index contributed by atoms with van der Waals surface area (Å²) in [7, 11) is 1.69. The lowest BCUT2D eigenvalue weighted by atomic mass is 10.3. The minimum Gasteiger partial charge on any atom is -0.491 e. The van der Waals surface area contributed by atoms with Crippen molar-refractivity contribution in [2.45, 2.75) is 13.3 Å². The van der Waals surface area contributed by atoms with E-state index in [1.165, 1.54) is 0 Å². The second kappa shape index (κ2) is 8.04. The van der Waals surface area contributed by atoms with Gasteiger partial charge in [0.15, 0.2) is 0 Å². The predicted octanol–water partition coefficient (Wildman–Crippen LogP) is 0.632. The number of nitrogens with one attached hydrogen (secondary N) is 1. The number of hydrogen-bond acceptors (Lipinski definition) is 4. The number of likely N-dealkylation sites (N-methyl/N-ethyl adjacent to an activating group) is 1. The third-order valence-corrected chi connectivity index (χ3v) is 2.84. The average molecular weight is 279 g/mol. The Bertz CT molecular complexity index is 463. The Hall–Kier alpha value is -2.24. The summed E-state index contributed by atoms with van der Waals surface area (Å²) in [4.78, 5) is 24.6. The van der Waals surface area contributed by atoms with Gasteiger partial charge in [0.1, 0.15) is 5.75 Å². The summed E-state index contributed by atoms with van der Waals surface area (Å²) >= 11 is 0. The van der Waals surface area contributed by atoms with Crippen molar-refractivity contribution in [2.75, 3.05) is 32.5 Å². The first kappa shape index (κ1) is 15.8. The molecule has 1 aromatic carbocycles. The number of nitrogen functional groups attached to an aromatic ring is 1. The van der Waals surface area contributed by atoms with E-state index in [2.05, 4.69) is 5.32 Å². The summed E-state index contributed by atoms with van der Waals surface area (Å²) < 4.78 is 5.40. The van der Waals surface area contributed by atoms with Crippen molar-refractivity contribution in [3.63, 3.8) is 0 Å². The van der Waals surface area contributed by atoms with Crippen LogP contribution in [0.2, 0.25) is 0 Å². The second-order valence-electron chi connectivity index (χ2n) is 4.32. The van der Waals surface area contributed by atoms with Gasteiger partial charge in [0, 0.05) is 13.6 Å². The van der Waals surface area contributed by atoms with Gasteiger partial charge in [-0.05, 0) is 19.1 Å². The van der Waals surface area contributed by atoms with Gasteiger partial charge in [-0.25, -0.2) is 0 Å². The summed E-state index contributed by atoms with van der Waals surface area (Å²) in [6, 6.07) is 7.09. The molecule has 110 valence electrons. The molecule has 1 rings (SSSR count). The SMILES string of the molecule is CCN(C)C(=O)CNC(=O)CCOc1ccccc1N. The van der Waals surface area contributed by atoms with Gasteiger partial charge < -0.3 is 20.7 Å². The molecule has 1 aromatic rings. The molecular weight excluding hydrogens is 258 g/mol. The maximum Gasteiger partial charge on any atom is 0.241 e. The zero-order chi connectivity index (χ0) is 15.0. The van der Waals surface area contributed by atoms with Gasteiger partial charge in [-0.1, -0.05) is 12.1 Å². The largest absolute Gasteiger partial charge is 0.491 e. The Balaban J connectivity index is 2.24. The van der Waals surface area contributed by atoms with Crippen LogP contribution >= 0.6 is 0 Å². The average Bonchev–Trinajstić information content (AvgIpc) is 2.45. The number of para-hydroxylation sites is 2. The quantitative estimate of drug-likeness (QED) is 0.717. The minimum atomic E-state index is -0.225. The zero-order valence-corrected chi connectivity index (χ0v) is 11.9. The third-order valence-electron chi connectivity index (χ3n) is 2.84. The van der Waals surface area contributed by atoms with Crippen LogP contribution in [0.15, 0.2) is 24.3 Å². The number of amides is 2. The number of ether oxygens (including phenoxy) is 1. The highest BCUT2D eigenvalue weighted by Crippen LogP contribution is 2.19. The van der Waals surface area contributed by atoms with Crippen LogP contribution in [0.3, 0.4) is 0 Å². The van der Waals surface area contributed by atoms with E-state index >= 15 is 0 Å². The Kier molecular flexibility index (Phi) is 6.36. The molecule has 0 aliphatic heterocycles. The summed E-state index contributed by atoms with van der Waals surface area (Å²) in [6.45, 7) is 2.72. The first-order valence-electron chi connectivity index (χ1n) is 6.52. The van der Waals surface area contributed by atoms with E-state index in [1.807, 2.05) is 19.1 Å². The van der Waals surface area contributed by atoms with Crippen LogP contribution in [0.5, 0.6) is 5.75 Å². The van der Waals surface area contributed by atoms with E-state index < -0.39 is 0 Å². The van der Waals surface area contributed by atoms with Crippen molar-refractivity contribution in [3.8, 4) is 5.75 Å². The maximum absolute atomic E-state index is 11.5. The number of benzene rings is 1. The number of carbonyl (C=O) groups excluding carboxylic acids is 2. The molecule has 0 radical (unpaired) electrons. The van der Waals surface area contributed by atoms with E-state index in [4.69, 9.17) is 10.5 Å². The third kappa shape index (κ3) is 5.17. The number of rotatable bonds is 7. The van der Waals surface area contributed by atoms with E-state index in [1.54, 1.807) is 24.1 Å². The Morgan fingerprint density at radius 3 is 2.70 bits per heavy atom. The fourth-order valence-electron chi connectivity index (χ4n) is 1.44. The van der Waals surface area contributed by atoms with Crippen LogP contribution in [-0.4, -0.2) is 43.5 Å². The fourth-order valence-corrected chi connectivity index (χ4v) is 1.44. The summed E-state index contributed by atoms with van der Waals surface area (Å²) in [5.74, 6) is 0.216. The van der Waals surface area contributed by atoms with Crippen molar-refractivity contribution in [3.05, 3.63) is 24.3 Å². The van der Waals surface area contributed by atoms with Crippen LogP contribution < -0.4 is 15.8 Å². The highest BCUT2D eigenvalue weighted by molar-refractivity contribution is 5.84. The highest BCUT2D eigenvalue weighted by Gasteiger charge is 2.09. The molecule has 0 aromatic heterocycles. The molecule has 0 aliphatic rings. The number of carbonyl (C=O) groups is 2. The van der Waals surface area contributed by atoms with Crippen molar-refractivity contribution < 1.29 is 14.3 Å². The maximum atomic E-state index is 11.5. The van der Waals surface area contributed by atoms with Gasteiger partial charge in [-0.3, -0.25) is 9.59 Å². The lowest BCUT2D eigenvalue weighted by Crippen LogP contribution is -2.38. The first-order chi connectivity index (χ1) is 9.54.